The highest BCUT2D eigenvalue weighted by Gasteiger charge is 2.03. The van der Waals surface area contributed by atoms with E-state index in [2.05, 4.69) is 26.1 Å². The maximum absolute atomic E-state index is 5.58. The Balaban J connectivity index is 2.82. The average Bonchev–Trinajstić information content (AvgIpc) is 2.21. The number of hydrogen-bond donors (Lipinski definition) is 2. The summed E-state index contributed by atoms with van der Waals surface area (Å²) in [4.78, 5) is 0. The monoisotopic (exact) mass is 298 g/mol. The topological polar surface area (TPSA) is 86.0 Å². The smallest absolute Gasteiger partial charge is 0.211 e. The molecule has 0 saturated carbocycles. The lowest BCUT2D eigenvalue weighted by molar-refractivity contribution is 0.241. The summed E-state index contributed by atoms with van der Waals surface area (Å²) in [7, 11) is 0. The molecule has 1 aromatic carbocycles. The van der Waals surface area contributed by atoms with Gasteiger partial charge in [-0.1, -0.05) is 0 Å². The summed E-state index contributed by atoms with van der Waals surface area (Å²) in [6, 6.07) is 5.61. The quantitative estimate of drug-likeness (QED) is 0.505. The van der Waals surface area contributed by atoms with E-state index in [9.17, 15) is 0 Å². The number of ether oxygens (including phenoxy) is 1. The van der Waals surface area contributed by atoms with E-state index >= 15 is 0 Å². The summed E-state index contributed by atoms with van der Waals surface area (Å²) >= 11 is 3.42. The van der Waals surface area contributed by atoms with Crippen LogP contribution in [-0.2, 0) is 0 Å². The van der Waals surface area contributed by atoms with Crippen molar-refractivity contribution in [3.05, 3.63) is 28.2 Å². The van der Waals surface area contributed by atoms with Crippen LogP contribution in [0.4, 0.5) is 0 Å². The number of halogens is 1. The van der Waals surface area contributed by atoms with Crippen molar-refractivity contribution in [2.75, 3.05) is 0 Å². The summed E-state index contributed by atoms with van der Waals surface area (Å²) in [5.41, 5.74) is 11.2. The first-order valence-electron chi connectivity index (χ1n) is 5.07. The van der Waals surface area contributed by atoms with Gasteiger partial charge in [0.1, 0.15) is 5.75 Å². The van der Waals surface area contributed by atoms with Crippen molar-refractivity contribution in [3.8, 4) is 5.75 Å². The molecule has 0 bridgehead atoms. The van der Waals surface area contributed by atoms with E-state index in [1.54, 1.807) is 6.21 Å². The van der Waals surface area contributed by atoms with Crippen molar-refractivity contribution < 1.29 is 4.74 Å². The van der Waals surface area contributed by atoms with Crippen LogP contribution in [0.2, 0.25) is 0 Å². The molecule has 0 aliphatic rings. The minimum Gasteiger partial charge on any atom is -0.490 e. The lowest BCUT2D eigenvalue weighted by Crippen LogP contribution is -2.21. The van der Waals surface area contributed by atoms with E-state index < -0.39 is 0 Å². The molecule has 92 valence electrons. The molecular weight excluding hydrogens is 284 g/mol. The number of nitrogens with two attached hydrogens (primary N) is 2. The van der Waals surface area contributed by atoms with Gasteiger partial charge in [0.2, 0.25) is 5.96 Å². The maximum Gasteiger partial charge on any atom is 0.211 e. The summed E-state index contributed by atoms with van der Waals surface area (Å²) in [6.07, 6.45) is 1.69. The number of guanidine groups is 1. The van der Waals surface area contributed by atoms with Crippen LogP contribution in [0.3, 0.4) is 0 Å². The van der Waals surface area contributed by atoms with Crippen LogP contribution in [0.5, 0.6) is 5.75 Å². The normalized spacial score (nSPS) is 10.8. The second-order valence-electron chi connectivity index (χ2n) is 3.63. The van der Waals surface area contributed by atoms with E-state index in [1.165, 1.54) is 0 Å². The lowest BCUT2D eigenvalue weighted by Gasteiger charge is -2.11. The van der Waals surface area contributed by atoms with Gasteiger partial charge in [-0.2, -0.15) is 5.10 Å². The Morgan fingerprint density at radius 1 is 1.41 bits per heavy atom. The second-order valence-corrected chi connectivity index (χ2v) is 4.48. The number of nitrogens with zero attached hydrogens (tertiary/aromatic N) is 2. The second kappa shape index (κ2) is 6.24. The molecule has 17 heavy (non-hydrogen) atoms. The number of hydrogen-bond acceptors (Lipinski definition) is 3. The molecule has 0 atom stereocenters. The van der Waals surface area contributed by atoms with E-state index in [-0.39, 0.29) is 12.1 Å². The zero-order valence-corrected chi connectivity index (χ0v) is 11.3. The van der Waals surface area contributed by atoms with Crippen LogP contribution in [0.15, 0.2) is 32.9 Å². The van der Waals surface area contributed by atoms with Gasteiger partial charge < -0.3 is 16.2 Å². The Morgan fingerprint density at radius 2 is 2.12 bits per heavy atom. The largest absolute Gasteiger partial charge is 0.490 e. The van der Waals surface area contributed by atoms with Crippen molar-refractivity contribution in [2.24, 2.45) is 21.7 Å². The molecule has 5 nitrogen and oxygen atoms in total. The van der Waals surface area contributed by atoms with Gasteiger partial charge in [0.15, 0.2) is 0 Å². The van der Waals surface area contributed by atoms with Gasteiger partial charge >= 0.3 is 0 Å². The van der Waals surface area contributed by atoms with Gasteiger partial charge in [0.25, 0.3) is 0 Å². The van der Waals surface area contributed by atoms with Crippen LogP contribution in [0.1, 0.15) is 19.4 Å². The van der Waals surface area contributed by atoms with Gasteiger partial charge in [0, 0.05) is 0 Å². The third-order valence-electron chi connectivity index (χ3n) is 1.70. The number of rotatable bonds is 4. The van der Waals surface area contributed by atoms with Crippen molar-refractivity contribution in [3.63, 3.8) is 0 Å². The van der Waals surface area contributed by atoms with Crippen molar-refractivity contribution >= 4 is 28.1 Å². The zero-order valence-electron chi connectivity index (χ0n) is 9.72. The third-order valence-corrected chi connectivity index (χ3v) is 2.32. The maximum atomic E-state index is 5.58. The minimum absolute atomic E-state index is 0.0694. The summed E-state index contributed by atoms with van der Waals surface area (Å²) < 4.78 is 6.44. The molecule has 0 saturated heterocycles. The Bertz CT molecular complexity index is 439. The molecule has 0 heterocycles. The highest BCUT2D eigenvalue weighted by molar-refractivity contribution is 9.10. The molecule has 1 aromatic rings. The Morgan fingerprint density at radius 3 is 2.65 bits per heavy atom. The molecule has 0 radical (unpaired) electrons. The van der Waals surface area contributed by atoms with Crippen LogP contribution in [-0.4, -0.2) is 18.3 Å². The minimum atomic E-state index is -0.0694. The van der Waals surface area contributed by atoms with Crippen LogP contribution in [0.25, 0.3) is 0 Å². The highest BCUT2D eigenvalue weighted by atomic mass is 79.9. The van der Waals surface area contributed by atoms with Crippen LogP contribution < -0.4 is 16.2 Å². The fourth-order valence-electron chi connectivity index (χ4n) is 1.11. The fraction of sp³-hybridized carbons (Fsp3) is 0.273. The first-order chi connectivity index (χ1) is 7.99. The predicted molar refractivity (Wildman–Crippen MR) is 73.3 cm³/mol. The molecule has 0 aliphatic heterocycles. The lowest BCUT2D eigenvalue weighted by atomic mass is 10.2. The van der Waals surface area contributed by atoms with Crippen molar-refractivity contribution in [1.82, 2.24) is 0 Å². The number of benzene rings is 1. The van der Waals surface area contributed by atoms with Gasteiger partial charge in [-0.25, -0.2) is 0 Å². The van der Waals surface area contributed by atoms with E-state index in [0.29, 0.717) is 0 Å². The van der Waals surface area contributed by atoms with Gasteiger partial charge in [0.05, 0.1) is 16.8 Å². The van der Waals surface area contributed by atoms with E-state index in [4.69, 9.17) is 16.2 Å². The van der Waals surface area contributed by atoms with Gasteiger partial charge in [-0.05, 0) is 53.5 Å². The van der Waals surface area contributed by atoms with Crippen molar-refractivity contribution in [2.45, 2.75) is 20.0 Å². The summed E-state index contributed by atoms with van der Waals surface area (Å²) in [5.74, 6) is 0.721. The molecule has 6 heteroatoms. The first-order valence-corrected chi connectivity index (χ1v) is 5.86. The Labute approximate surface area is 109 Å². The fourth-order valence-corrected chi connectivity index (χ4v) is 1.60. The molecule has 0 aromatic heterocycles. The molecule has 0 amide bonds. The van der Waals surface area contributed by atoms with E-state index in [0.717, 1.165) is 15.8 Å². The highest BCUT2D eigenvalue weighted by Crippen LogP contribution is 2.26. The summed E-state index contributed by atoms with van der Waals surface area (Å²) in [6.45, 7) is 3.95. The zero-order chi connectivity index (χ0) is 12.8. The molecule has 0 unspecified atom stereocenters. The van der Waals surface area contributed by atoms with Crippen molar-refractivity contribution in [1.29, 1.82) is 0 Å². The van der Waals surface area contributed by atoms with Crippen LogP contribution in [0, 0.1) is 0 Å². The molecular formula is C11H15BrN4O. The third kappa shape index (κ3) is 4.86. The average molecular weight is 299 g/mol. The molecule has 0 spiro atoms. The summed E-state index contributed by atoms with van der Waals surface area (Å²) in [5, 5.41) is 7.24. The van der Waals surface area contributed by atoms with Gasteiger partial charge in [-0.15, -0.1) is 5.10 Å². The van der Waals surface area contributed by atoms with Crippen LogP contribution >= 0.6 is 15.9 Å². The predicted octanol–water partition coefficient (Wildman–Crippen LogP) is 1.84. The molecule has 4 N–H and O–H groups in total. The molecule has 0 aliphatic carbocycles. The Kier molecular flexibility index (Phi) is 4.96. The first kappa shape index (κ1) is 13.5. The SMILES string of the molecule is CC(C)Oc1ccc(/C=N\N=C(N)N)cc1Br. The molecule has 1 rings (SSSR count). The van der Waals surface area contributed by atoms with Gasteiger partial charge in [-0.3, -0.25) is 0 Å². The molecule has 0 fully saturated rings. The standard InChI is InChI=1S/C11H15BrN4O/c1-7(2)17-10-4-3-8(5-9(10)12)6-15-16-11(13)14/h3-7H,1-2H3,(H4,13,14,16)/b15-6-. The Hall–Kier alpha value is -1.56. The van der Waals surface area contributed by atoms with E-state index in [1.807, 2.05) is 32.0 Å².